The molecule has 1 saturated heterocycles. The molecule has 1 atom stereocenters. The first kappa shape index (κ1) is 14.6. The van der Waals surface area contributed by atoms with E-state index in [0.717, 1.165) is 24.2 Å². The van der Waals surface area contributed by atoms with E-state index >= 15 is 0 Å². The molecule has 0 bridgehead atoms. The maximum Gasteiger partial charge on any atom is 0.326 e. The highest BCUT2D eigenvalue weighted by Crippen LogP contribution is 2.18. The second-order valence-electron chi connectivity index (χ2n) is 5.34. The molecule has 1 aromatic rings. The number of carbonyl (C=O) groups is 2. The number of carboxylic acids is 1. The zero-order valence-electron chi connectivity index (χ0n) is 12.0. The molecule has 0 saturated carbocycles. The van der Waals surface area contributed by atoms with Crippen LogP contribution < -0.4 is 0 Å². The number of aryl methyl sites for hydroxylation is 3. The summed E-state index contributed by atoms with van der Waals surface area (Å²) >= 11 is 0. The van der Waals surface area contributed by atoms with E-state index in [4.69, 9.17) is 0 Å². The smallest absolute Gasteiger partial charge is 0.326 e. The molecule has 0 aromatic carbocycles. The minimum absolute atomic E-state index is 0.0929. The standard InChI is InChI=1S/C14H21N3O3/c1-10-9-11(2)17(15-10)8-6-13(18)16-7-4-3-5-12(16)14(19)20/h9,12H,3-8H2,1-2H3,(H,19,20)/t12-/m0/s1. The molecule has 0 unspecified atom stereocenters. The van der Waals surface area contributed by atoms with Gasteiger partial charge in [-0.25, -0.2) is 4.79 Å². The van der Waals surface area contributed by atoms with Gasteiger partial charge in [-0.1, -0.05) is 0 Å². The van der Waals surface area contributed by atoms with Gasteiger partial charge < -0.3 is 10.0 Å². The van der Waals surface area contributed by atoms with Gasteiger partial charge in [-0.3, -0.25) is 9.48 Å². The minimum Gasteiger partial charge on any atom is -0.480 e. The van der Waals surface area contributed by atoms with Crippen LogP contribution in [0.5, 0.6) is 0 Å². The Hall–Kier alpha value is -1.85. The molecule has 1 aliphatic heterocycles. The summed E-state index contributed by atoms with van der Waals surface area (Å²) in [6.07, 6.45) is 2.61. The summed E-state index contributed by atoms with van der Waals surface area (Å²) in [5, 5.41) is 13.5. The van der Waals surface area contributed by atoms with Gasteiger partial charge >= 0.3 is 5.97 Å². The number of aromatic nitrogens is 2. The van der Waals surface area contributed by atoms with E-state index in [1.807, 2.05) is 19.9 Å². The summed E-state index contributed by atoms with van der Waals surface area (Å²) in [7, 11) is 0. The van der Waals surface area contributed by atoms with Gasteiger partial charge in [0.1, 0.15) is 6.04 Å². The summed E-state index contributed by atoms with van der Waals surface area (Å²) in [6.45, 7) is 4.91. The molecule has 1 N–H and O–H groups in total. The number of aliphatic carboxylic acids is 1. The molecular formula is C14H21N3O3. The van der Waals surface area contributed by atoms with Gasteiger partial charge in [-0.05, 0) is 39.2 Å². The zero-order chi connectivity index (χ0) is 14.7. The number of hydrogen-bond acceptors (Lipinski definition) is 3. The topological polar surface area (TPSA) is 75.4 Å². The molecule has 6 nitrogen and oxygen atoms in total. The van der Waals surface area contributed by atoms with Crippen molar-refractivity contribution < 1.29 is 14.7 Å². The molecule has 0 spiro atoms. The third-order valence-corrected chi connectivity index (χ3v) is 3.75. The van der Waals surface area contributed by atoms with Crippen molar-refractivity contribution in [2.75, 3.05) is 6.54 Å². The summed E-state index contributed by atoms with van der Waals surface area (Å²) in [5.74, 6) is -0.992. The first-order valence-corrected chi connectivity index (χ1v) is 7.02. The molecule has 6 heteroatoms. The maximum atomic E-state index is 12.2. The number of hydrogen-bond donors (Lipinski definition) is 1. The third kappa shape index (κ3) is 3.18. The van der Waals surface area contributed by atoms with Crippen LogP contribution in [0.15, 0.2) is 6.07 Å². The predicted molar refractivity (Wildman–Crippen MR) is 73.3 cm³/mol. The van der Waals surface area contributed by atoms with Gasteiger partial charge in [0.25, 0.3) is 0 Å². The lowest BCUT2D eigenvalue weighted by Crippen LogP contribution is -2.48. The van der Waals surface area contributed by atoms with E-state index in [0.29, 0.717) is 25.9 Å². The largest absolute Gasteiger partial charge is 0.480 e. The van der Waals surface area contributed by atoms with Gasteiger partial charge in [0.05, 0.1) is 5.69 Å². The fraction of sp³-hybridized carbons (Fsp3) is 0.643. The van der Waals surface area contributed by atoms with Crippen molar-refractivity contribution in [3.8, 4) is 0 Å². The van der Waals surface area contributed by atoms with Crippen molar-refractivity contribution in [2.45, 2.75) is 52.1 Å². The molecule has 1 amide bonds. The monoisotopic (exact) mass is 279 g/mol. The Labute approximate surface area is 118 Å². The number of nitrogens with zero attached hydrogens (tertiary/aromatic N) is 3. The van der Waals surface area contributed by atoms with Crippen molar-refractivity contribution in [3.05, 3.63) is 17.5 Å². The van der Waals surface area contributed by atoms with E-state index < -0.39 is 12.0 Å². The number of carboxylic acid groups (broad SMARTS) is 1. The SMILES string of the molecule is Cc1cc(C)n(CCC(=O)N2CCCC[C@H]2C(=O)O)n1. The Bertz CT molecular complexity index is 510. The van der Waals surface area contributed by atoms with Gasteiger partial charge in [-0.15, -0.1) is 0 Å². The van der Waals surface area contributed by atoms with E-state index in [9.17, 15) is 14.7 Å². The zero-order valence-corrected chi connectivity index (χ0v) is 12.0. The maximum absolute atomic E-state index is 12.2. The van der Waals surface area contributed by atoms with Gasteiger partial charge in [0.15, 0.2) is 0 Å². The van der Waals surface area contributed by atoms with Crippen LogP contribution in [0.1, 0.15) is 37.1 Å². The Morgan fingerprint density at radius 1 is 1.40 bits per heavy atom. The fourth-order valence-corrected chi connectivity index (χ4v) is 2.73. The predicted octanol–water partition coefficient (Wildman–Crippen LogP) is 1.36. The van der Waals surface area contributed by atoms with Crippen LogP contribution in [0.2, 0.25) is 0 Å². The average Bonchev–Trinajstić information content (AvgIpc) is 2.74. The Kier molecular flexibility index (Phi) is 4.42. The number of piperidine rings is 1. The highest BCUT2D eigenvalue weighted by atomic mass is 16.4. The van der Waals surface area contributed by atoms with Gasteiger partial charge in [0, 0.05) is 25.2 Å². The van der Waals surface area contributed by atoms with Crippen molar-refractivity contribution in [3.63, 3.8) is 0 Å². The molecule has 2 heterocycles. The van der Waals surface area contributed by atoms with Crippen LogP contribution in [-0.4, -0.2) is 44.3 Å². The van der Waals surface area contributed by atoms with Crippen LogP contribution >= 0.6 is 0 Å². The quantitative estimate of drug-likeness (QED) is 0.903. The summed E-state index contributed by atoms with van der Waals surface area (Å²) in [6, 6.07) is 1.31. The molecule has 0 radical (unpaired) electrons. The number of rotatable bonds is 4. The number of carbonyl (C=O) groups excluding carboxylic acids is 1. The number of amides is 1. The van der Waals surface area contributed by atoms with Crippen LogP contribution in [0.25, 0.3) is 0 Å². The highest BCUT2D eigenvalue weighted by Gasteiger charge is 2.31. The van der Waals surface area contributed by atoms with Crippen molar-refractivity contribution in [1.82, 2.24) is 14.7 Å². The van der Waals surface area contributed by atoms with Gasteiger partial charge in [0.2, 0.25) is 5.91 Å². The van der Waals surface area contributed by atoms with E-state index in [-0.39, 0.29) is 5.91 Å². The third-order valence-electron chi connectivity index (χ3n) is 3.75. The molecule has 0 aliphatic carbocycles. The highest BCUT2D eigenvalue weighted by molar-refractivity contribution is 5.83. The van der Waals surface area contributed by atoms with Crippen LogP contribution in [0.3, 0.4) is 0 Å². The number of likely N-dealkylation sites (tertiary alicyclic amines) is 1. The average molecular weight is 279 g/mol. The van der Waals surface area contributed by atoms with E-state index in [2.05, 4.69) is 5.10 Å². The lowest BCUT2D eigenvalue weighted by molar-refractivity contribution is -0.152. The van der Waals surface area contributed by atoms with Crippen LogP contribution in [-0.2, 0) is 16.1 Å². The minimum atomic E-state index is -0.899. The Morgan fingerprint density at radius 2 is 2.15 bits per heavy atom. The lowest BCUT2D eigenvalue weighted by Gasteiger charge is -2.33. The second-order valence-corrected chi connectivity index (χ2v) is 5.34. The normalized spacial score (nSPS) is 19.1. The summed E-state index contributed by atoms with van der Waals surface area (Å²) < 4.78 is 1.80. The van der Waals surface area contributed by atoms with Crippen molar-refractivity contribution in [2.24, 2.45) is 0 Å². The lowest BCUT2D eigenvalue weighted by atomic mass is 10.0. The molecule has 110 valence electrons. The van der Waals surface area contributed by atoms with Crippen molar-refractivity contribution in [1.29, 1.82) is 0 Å². The van der Waals surface area contributed by atoms with Crippen LogP contribution in [0, 0.1) is 13.8 Å². The molecule has 1 aliphatic rings. The van der Waals surface area contributed by atoms with E-state index in [1.165, 1.54) is 4.90 Å². The first-order chi connectivity index (χ1) is 9.49. The summed E-state index contributed by atoms with van der Waals surface area (Å²) in [5.41, 5.74) is 1.94. The Balaban J connectivity index is 1.96. The van der Waals surface area contributed by atoms with Crippen LogP contribution in [0.4, 0.5) is 0 Å². The Morgan fingerprint density at radius 3 is 2.75 bits per heavy atom. The second kappa shape index (κ2) is 6.07. The molecule has 20 heavy (non-hydrogen) atoms. The van der Waals surface area contributed by atoms with E-state index in [1.54, 1.807) is 4.68 Å². The van der Waals surface area contributed by atoms with Crippen molar-refractivity contribution >= 4 is 11.9 Å². The first-order valence-electron chi connectivity index (χ1n) is 7.02. The van der Waals surface area contributed by atoms with Gasteiger partial charge in [-0.2, -0.15) is 5.10 Å². The molecule has 1 fully saturated rings. The molecular weight excluding hydrogens is 258 g/mol. The summed E-state index contributed by atoms with van der Waals surface area (Å²) in [4.78, 5) is 24.9. The fourth-order valence-electron chi connectivity index (χ4n) is 2.73. The molecule has 1 aromatic heterocycles. The molecule has 2 rings (SSSR count).